The summed E-state index contributed by atoms with van der Waals surface area (Å²) in [5.41, 5.74) is 0. The van der Waals surface area contributed by atoms with Crippen molar-refractivity contribution in [1.29, 1.82) is 0 Å². The number of likely N-dealkylation sites (N-methyl/N-ethyl adjacent to an activating group) is 1. The van der Waals surface area contributed by atoms with E-state index in [0.29, 0.717) is 12.0 Å². The lowest BCUT2D eigenvalue weighted by Gasteiger charge is -2.07. The van der Waals surface area contributed by atoms with Crippen LogP contribution in [0.3, 0.4) is 0 Å². The minimum Gasteiger partial charge on any atom is -0.339 e. The van der Waals surface area contributed by atoms with Crippen LogP contribution in [-0.4, -0.2) is 22.7 Å². The summed E-state index contributed by atoms with van der Waals surface area (Å²) in [4.78, 5) is 4.38. The van der Waals surface area contributed by atoms with Crippen molar-refractivity contribution in [2.24, 2.45) is 0 Å². The third-order valence-corrected chi connectivity index (χ3v) is 2.46. The summed E-state index contributed by atoms with van der Waals surface area (Å²) >= 11 is 0. The molecule has 1 N–H and O–H groups in total. The average molecular weight is 195 g/mol. The zero-order chi connectivity index (χ0) is 9.97. The van der Waals surface area contributed by atoms with Gasteiger partial charge in [-0.05, 0) is 26.3 Å². The zero-order valence-corrected chi connectivity index (χ0v) is 8.79. The molecule has 0 aliphatic heterocycles. The summed E-state index contributed by atoms with van der Waals surface area (Å²) in [6.45, 7) is 5.20. The molecule has 0 bridgehead atoms. The molecule has 1 aromatic rings. The molecule has 1 aliphatic carbocycles. The number of aromatic nitrogens is 2. The first-order valence-corrected chi connectivity index (χ1v) is 5.35. The second kappa shape index (κ2) is 4.09. The van der Waals surface area contributed by atoms with Gasteiger partial charge >= 0.3 is 0 Å². The van der Waals surface area contributed by atoms with E-state index in [-0.39, 0.29) is 0 Å². The van der Waals surface area contributed by atoms with Gasteiger partial charge in [-0.3, -0.25) is 0 Å². The van der Waals surface area contributed by atoms with Gasteiger partial charge in [0.15, 0.2) is 5.82 Å². The van der Waals surface area contributed by atoms with Crippen LogP contribution in [0.4, 0.5) is 0 Å². The van der Waals surface area contributed by atoms with Gasteiger partial charge in [0.25, 0.3) is 0 Å². The summed E-state index contributed by atoms with van der Waals surface area (Å²) in [5.74, 6) is 2.26. The molecule has 4 nitrogen and oxygen atoms in total. The molecule has 1 aromatic heterocycles. The molecule has 0 aromatic carbocycles. The van der Waals surface area contributed by atoms with Gasteiger partial charge in [0.2, 0.25) is 5.89 Å². The van der Waals surface area contributed by atoms with Crippen molar-refractivity contribution in [3.05, 3.63) is 11.7 Å². The lowest BCUT2D eigenvalue weighted by molar-refractivity contribution is 0.358. The van der Waals surface area contributed by atoms with Crippen molar-refractivity contribution in [1.82, 2.24) is 15.5 Å². The van der Waals surface area contributed by atoms with Crippen LogP contribution in [0, 0.1) is 0 Å². The monoisotopic (exact) mass is 195 g/mol. The van der Waals surface area contributed by atoms with Crippen LogP contribution < -0.4 is 5.32 Å². The van der Waals surface area contributed by atoms with Crippen LogP contribution in [0.1, 0.15) is 44.3 Å². The Kier molecular flexibility index (Phi) is 2.82. The van der Waals surface area contributed by atoms with Crippen LogP contribution in [0.2, 0.25) is 0 Å². The third-order valence-electron chi connectivity index (χ3n) is 2.46. The molecule has 0 saturated heterocycles. The van der Waals surface area contributed by atoms with E-state index >= 15 is 0 Å². The van der Waals surface area contributed by atoms with Gasteiger partial charge in [0, 0.05) is 18.4 Å². The maximum Gasteiger partial charge on any atom is 0.228 e. The van der Waals surface area contributed by atoms with Crippen LogP contribution in [0.15, 0.2) is 4.52 Å². The Morgan fingerprint density at radius 3 is 3.00 bits per heavy atom. The first-order chi connectivity index (χ1) is 6.79. The van der Waals surface area contributed by atoms with Crippen molar-refractivity contribution in [3.63, 3.8) is 0 Å². The fourth-order valence-corrected chi connectivity index (χ4v) is 1.54. The highest BCUT2D eigenvalue weighted by Crippen LogP contribution is 2.38. The standard InChI is InChI=1S/C10H17N3O/c1-3-11-7(2)6-9-12-10(13-14-9)8-4-5-8/h7-8,11H,3-6H2,1-2H3/t7-/m0/s1. The van der Waals surface area contributed by atoms with Crippen molar-refractivity contribution < 1.29 is 4.52 Å². The van der Waals surface area contributed by atoms with E-state index in [2.05, 4.69) is 29.3 Å². The Labute approximate surface area is 84.1 Å². The largest absolute Gasteiger partial charge is 0.339 e. The highest BCUT2D eigenvalue weighted by molar-refractivity contribution is 5.03. The number of nitrogens with zero attached hydrogens (tertiary/aromatic N) is 2. The van der Waals surface area contributed by atoms with Crippen molar-refractivity contribution in [2.45, 2.75) is 45.1 Å². The van der Waals surface area contributed by atoms with Crippen LogP contribution in [0.5, 0.6) is 0 Å². The predicted octanol–water partition coefficient (Wildman–Crippen LogP) is 1.49. The molecule has 1 heterocycles. The average Bonchev–Trinajstić information content (AvgIpc) is 2.89. The van der Waals surface area contributed by atoms with E-state index in [1.54, 1.807) is 0 Å². The van der Waals surface area contributed by atoms with Gasteiger partial charge in [0.1, 0.15) is 0 Å². The Balaban J connectivity index is 1.88. The Hall–Kier alpha value is -0.900. The summed E-state index contributed by atoms with van der Waals surface area (Å²) in [6, 6.07) is 0.410. The van der Waals surface area contributed by atoms with E-state index < -0.39 is 0 Å². The number of rotatable bonds is 5. The number of nitrogens with one attached hydrogen (secondary N) is 1. The van der Waals surface area contributed by atoms with E-state index in [1.165, 1.54) is 12.8 Å². The fourth-order valence-electron chi connectivity index (χ4n) is 1.54. The maximum absolute atomic E-state index is 5.18. The van der Waals surface area contributed by atoms with Crippen molar-refractivity contribution in [2.75, 3.05) is 6.54 Å². The fraction of sp³-hybridized carbons (Fsp3) is 0.800. The van der Waals surface area contributed by atoms with E-state index in [0.717, 1.165) is 24.7 Å². The molecule has 1 aliphatic rings. The van der Waals surface area contributed by atoms with Crippen molar-refractivity contribution >= 4 is 0 Å². The molecule has 2 rings (SSSR count). The number of hydrogen-bond donors (Lipinski definition) is 1. The lowest BCUT2D eigenvalue weighted by Crippen LogP contribution is -2.27. The van der Waals surface area contributed by atoms with E-state index in [4.69, 9.17) is 4.52 Å². The summed E-state index contributed by atoms with van der Waals surface area (Å²) in [5, 5.41) is 7.30. The molecule has 0 spiro atoms. The third kappa shape index (κ3) is 2.32. The maximum atomic E-state index is 5.18. The molecule has 1 saturated carbocycles. The van der Waals surface area contributed by atoms with Gasteiger partial charge in [0.05, 0.1) is 0 Å². The summed E-state index contributed by atoms with van der Waals surface area (Å²) in [7, 11) is 0. The molecule has 4 heteroatoms. The molecular weight excluding hydrogens is 178 g/mol. The van der Waals surface area contributed by atoms with Crippen LogP contribution >= 0.6 is 0 Å². The first kappa shape index (κ1) is 9.65. The summed E-state index contributed by atoms with van der Waals surface area (Å²) in [6.07, 6.45) is 3.27. The van der Waals surface area contributed by atoms with Gasteiger partial charge < -0.3 is 9.84 Å². The van der Waals surface area contributed by atoms with Crippen LogP contribution in [-0.2, 0) is 6.42 Å². The molecular formula is C10H17N3O. The van der Waals surface area contributed by atoms with Gasteiger partial charge in [-0.25, -0.2) is 0 Å². The molecule has 0 amide bonds. The number of hydrogen-bond acceptors (Lipinski definition) is 4. The van der Waals surface area contributed by atoms with Gasteiger partial charge in [-0.2, -0.15) is 4.98 Å². The minimum absolute atomic E-state index is 0.410. The molecule has 0 unspecified atom stereocenters. The lowest BCUT2D eigenvalue weighted by atomic mass is 10.2. The van der Waals surface area contributed by atoms with E-state index in [9.17, 15) is 0 Å². The second-order valence-electron chi connectivity index (χ2n) is 3.98. The molecule has 1 atom stereocenters. The Bertz CT molecular complexity index is 293. The molecule has 1 fully saturated rings. The highest BCUT2D eigenvalue weighted by atomic mass is 16.5. The van der Waals surface area contributed by atoms with Gasteiger partial charge in [-0.1, -0.05) is 12.1 Å². The zero-order valence-electron chi connectivity index (χ0n) is 8.79. The topological polar surface area (TPSA) is 51.0 Å². The van der Waals surface area contributed by atoms with Crippen LogP contribution in [0.25, 0.3) is 0 Å². The minimum atomic E-state index is 0.410. The predicted molar refractivity (Wildman–Crippen MR) is 53.1 cm³/mol. The SMILES string of the molecule is CCN[C@@H](C)Cc1nc(C2CC2)no1. The van der Waals surface area contributed by atoms with E-state index in [1.807, 2.05) is 0 Å². The smallest absolute Gasteiger partial charge is 0.228 e. The van der Waals surface area contributed by atoms with Gasteiger partial charge in [-0.15, -0.1) is 0 Å². The molecule has 0 radical (unpaired) electrons. The first-order valence-electron chi connectivity index (χ1n) is 5.35. The Morgan fingerprint density at radius 2 is 2.36 bits per heavy atom. The normalized spacial score (nSPS) is 18.4. The molecule has 78 valence electrons. The highest BCUT2D eigenvalue weighted by Gasteiger charge is 2.28. The summed E-state index contributed by atoms with van der Waals surface area (Å²) < 4.78 is 5.18. The quantitative estimate of drug-likeness (QED) is 0.773. The van der Waals surface area contributed by atoms with Crippen molar-refractivity contribution in [3.8, 4) is 0 Å². The molecule has 14 heavy (non-hydrogen) atoms. The second-order valence-corrected chi connectivity index (χ2v) is 3.98. The Morgan fingerprint density at radius 1 is 1.57 bits per heavy atom.